The zero-order valence-electron chi connectivity index (χ0n) is 11.3. The van der Waals surface area contributed by atoms with Gasteiger partial charge in [-0.2, -0.15) is 0 Å². The summed E-state index contributed by atoms with van der Waals surface area (Å²) in [5.41, 5.74) is 6.80. The van der Waals surface area contributed by atoms with Crippen molar-refractivity contribution >= 4 is 23.4 Å². The van der Waals surface area contributed by atoms with Gasteiger partial charge in [0.2, 0.25) is 0 Å². The lowest BCUT2D eigenvalue weighted by Gasteiger charge is -2.09. The normalized spacial score (nSPS) is 10.1. The summed E-state index contributed by atoms with van der Waals surface area (Å²) in [6.07, 6.45) is 0. The minimum absolute atomic E-state index is 0.411. The third-order valence-electron chi connectivity index (χ3n) is 2.69. The minimum atomic E-state index is -0.411. The zero-order chi connectivity index (χ0) is 14.5. The van der Waals surface area contributed by atoms with Crippen LogP contribution in [0.15, 0.2) is 52.3 Å². The van der Waals surface area contributed by atoms with Crippen molar-refractivity contribution in [2.45, 2.75) is 9.79 Å². The average molecular weight is 289 g/mol. The highest BCUT2D eigenvalue weighted by Crippen LogP contribution is 2.32. The van der Waals surface area contributed by atoms with Gasteiger partial charge in [0.25, 0.3) is 0 Å². The van der Waals surface area contributed by atoms with E-state index in [1.54, 1.807) is 17.8 Å². The van der Waals surface area contributed by atoms with Crippen molar-refractivity contribution in [2.75, 3.05) is 20.0 Å². The van der Waals surface area contributed by atoms with Crippen LogP contribution in [-0.2, 0) is 4.74 Å². The highest BCUT2D eigenvalue weighted by molar-refractivity contribution is 7.99. The molecule has 20 heavy (non-hydrogen) atoms. The van der Waals surface area contributed by atoms with Crippen LogP contribution in [0.4, 0.5) is 5.69 Å². The number of esters is 1. The number of carbonyl (C=O) groups excluding carboxylic acids is 1. The van der Waals surface area contributed by atoms with Crippen LogP contribution in [0.1, 0.15) is 10.4 Å². The molecule has 0 unspecified atom stereocenters. The number of benzene rings is 2. The maximum atomic E-state index is 11.6. The van der Waals surface area contributed by atoms with E-state index in [1.807, 2.05) is 36.4 Å². The molecule has 0 aliphatic heterocycles. The second-order valence-electron chi connectivity index (χ2n) is 4.02. The molecule has 0 radical (unpaired) electrons. The molecule has 0 aliphatic rings. The van der Waals surface area contributed by atoms with Crippen molar-refractivity contribution in [3.8, 4) is 5.75 Å². The summed E-state index contributed by atoms with van der Waals surface area (Å²) in [6.45, 7) is 0. The molecule has 0 atom stereocenters. The van der Waals surface area contributed by atoms with Crippen molar-refractivity contribution in [2.24, 2.45) is 0 Å². The van der Waals surface area contributed by atoms with Gasteiger partial charge in [-0.3, -0.25) is 0 Å². The molecule has 4 nitrogen and oxygen atoms in total. The van der Waals surface area contributed by atoms with E-state index < -0.39 is 5.97 Å². The first-order valence-corrected chi connectivity index (χ1v) is 6.75. The van der Waals surface area contributed by atoms with Crippen LogP contribution in [0, 0.1) is 0 Å². The van der Waals surface area contributed by atoms with Crippen LogP contribution in [0.2, 0.25) is 0 Å². The lowest BCUT2D eigenvalue weighted by Crippen LogP contribution is -2.03. The van der Waals surface area contributed by atoms with E-state index in [0.717, 1.165) is 15.5 Å². The Kier molecular flexibility index (Phi) is 4.53. The molecule has 0 amide bonds. The molecular weight excluding hydrogens is 274 g/mol. The molecular formula is C15H15NO3S. The molecule has 0 fully saturated rings. The van der Waals surface area contributed by atoms with Crippen LogP contribution in [0.5, 0.6) is 5.75 Å². The first-order chi connectivity index (χ1) is 9.63. The van der Waals surface area contributed by atoms with Crippen molar-refractivity contribution in [3.05, 3.63) is 48.0 Å². The molecule has 0 spiro atoms. The summed E-state index contributed by atoms with van der Waals surface area (Å²) in [4.78, 5) is 13.6. The Bertz CT molecular complexity index is 611. The summed E-state index contributed by atoms with van der Waals surface area (Å²) < 4.78 is 9.94. The number of hydrogen-bond donors (Lipinski definition) is 1. The Hall–Kier alpha value is -2.14. The fourth-order valence-corrected chi connectivity index (χ4v) is 2.53. The fourth-order valence-electron chi connectivity index (χ4n) is 1.69. The number of hydrogen-bond acceptors (Lipinski definition) is 5. The molecule has 2 aromatic carbocycles. The van der Waals surface area contributed by atoms with Crippen LogP contribution in [0.3, 0.4) is 0 Å². The molecule has 0 bridgehead atoms. The van der Waals surface area contributed by atoms with E-state index >= 15 is 0 Å². The highest BCUT2D eigenvalue weighted by atomic mass is 32.2. The predicted octanol–water partition coefficient (Wildman–Crippen LogP) is 3.22. The second-order valence-corrected chi connectivity index (χ2v) is 5.17. The molecule has 0 aliphatic carbocycles. The van der Waals surface area contributed by atoms with Gasteiger partial charge in [-0.15, -0.1) is 0 Å². The quantitative estimate of drug-likeness (QED) is 0.691. The van der Waals surface area contributed by atoms with Gasteiger partial charge in [0.1, 0.15) is 11.3 Å². The standard InChI is InChI=1S/C15H15NO3S/c1-18-14-9-12(7-8-13(14)15(17)19-2)20-11-5-3-10(16)4-6-11/h3-9H,16H2,1-2H3. The number of anilines is 1. The van der Waals surface area contributed by atoms with E-state index in [1.165, 1.54) is 14.2 Å². The van der Waals surface area contributed by atoms with Crippen molar-refractivity contribution in [3.63, 3.8) is 0 Å². The molecule has 2 aromatic rings. The Morgan fingerprint density at radius 1 is 1.05 bits per heavy atom. The Morgan fingerprint density at radius 2 is 1.70 bits per heavy atom. The van der Waals surface area contributed by atoms with Crippen molar-refractivity contribution in [1.29, 1.82) is 0 Å². The van der Waals surface area contributed by atoms with Gasteiger partial charge in [0.05, 0.1) is 14.2 Å². The van der Waals surface area contributed by atoms with Crippen LogP contribution >= 0.6 is 11.8 Å². The van der Waals surface area contributed by atoms with Gasteiger partial charge in [0, 0.05) is 15.5 Å². The molecule has 104 valence electrons. The lowest BCUT2D eigenvalue weighted by atomic mass is 10.2. The number of rotatable bonds is 4. The number of carbonyl (C=O) groups is 1. The molecule has 2 rings (SSSR count). The summed E-state index contributed by atoms with van der Waals surface area (Å²) in [6, 6.07) is 13.0. The Labute approximate surface area is 121 Å². The van der Waals surface area contributed by atoms with Gasteiger partial charge in [0.15, 0.2) is 0 Å². The number of nitrogens with two attached hydrogens (primary N) is 1. The van der Waals surface area contributed by atoms with Crippen molar-refractivity contribution < 1.29 is 14.3 Å². The predicted molar refractivity (Wildman–Crippen MR) is 79.3 cm³/mol. The first-order valence-electron chi connectivity index (χ1n) is 5.94. The maximum absolute atomic E-state index is 11.6. The molecule has 0 aromatic heterocycles. The van der Waals surface area contributed by atoms with Gasteiger partial charge >= 0.3 is 5.97 Å². The molecule has 0 saturated heterocycles. The Balaban J connectivity index is 2.25. The topological polar surface area (TPSA) is 61.5 Å². The molecule has 0 heterocycles. The van der Waals surface area contributed by atoms with Crippen LogP contribution < -0.4 is 10.5 Å². The molecule has 2 N–H and O–H groups in total. The summed E-state index contributed by atoms with van der Waals surface area (Å²) in [5, 5.41) is 0. The van der Waals surface area contributed by atoms with Crippen LogP contribution in [-0.4, -0.2) is 20.2 Å². The van der Waals surface area contributed by atoms with Crippen LogP contribution in [0.25, 0.3) is 0 Å². The number of nitrogen functional groups attached to an aromatic ring is 1. The molecule has 0 saturated carbocycles. The number of ether oxygens (including phenoxy) is 2. The van der Waals surface area contributed by atoms with Gasteiger partial charge < -0.3 is 15.2 Å². The first kappa shape index (κ1) is 14.3. The van der Waals surface area contributed by atoms with E-state index in [4.69, 9.17) is 15.2 Å². The van der Waals surface area contributed by atoms with Gasteiger partial charge in [-0.25, -0.2) is 4.79 Å². The summed E-state index contributed by atoms with van der Waals surface area (Å²) in [7, 11) is 2.87. The minimum Gasteiger partial charge on any atom is -0.496 e. The van der Waals surface area contributed by atoms with Gasteiger partial charge in [-0.1, -0.05) is 11.8 Å². The average Bonchev–Trinajstić information content (AvgIpc) is 2.48. The zero-order valence-corrected chi connectivity index (χ0v) is 12.1. The van der Waals surface area contributed by atoms with Crippen molar-refractivity contribution in [1.82, 2.24) is 0 Å². The second kappa shape index (κ2) is 6.34. The van der Waals surface area contributed by atoms with E-state index in [2.05, 4.69) is 0 Å². The summed E-state index contributed by atoms with van der Waals surface area (Å²) >= 11 is 1.57. The fraction of sp³-hybridized carbons (Fsp3) is 0.133. The largest absolute Gasteiger partial charge is 0.496 e. The van der Waals surface area contributed by atoms with E-state index in [0.29, 0.717) is 11.3 Å². The smallest absolute Gasteiger partial charge is 0.341 e. The molecule has 5 heteroatoms. The highest BCUT2D eigenvalue weighted by Gasteiger charge is 2.13. The van der Waals surface area contributed by atoms with E-state index in [-0.39, 0.29) is 0 Å². The van der Waals surface area contributed by atoms with E-state index in [9.17, 15) is 4.79 Å². The third-order valence-corrected chi connectivity index (χ3v) is 3.69. The maximum Gasteiger partial charge on any atom is 0.341 e. The van der Waals surface area contributed by atoms with Gasteiger partial charge in [-0.05, 0) is 42.5 Å². The summed E-state index contributed by atoms with van der Waals surface area (Å²) in [5.74, 6) is 0.0863. The number of methoxy groups -OCH3 is 2. The SMILES string of the molecule is COC(=O)c1ccc(Sc2ccc(N)cc2)cc1OC. The lowest BCUT2D eigenvalue weighted by molar-refractivity contribution is 0.0597. The third kappa shape index (κ3) is 3.24. The monoisotopic (exact) mass is 289 g/mol. The Morgan fingerprint density at radius 3 is 2.30 bits per heavy atom.